The molecule has 146 valence electrons. The van der Waals surface area contributed by atoms with Gasteiger partial charge in [0, 0.05) is 20.1 Å². The van der Waals surface area contributed by atoms with Gasteiger partial charge in [-0.15, -0.1) is 0 Å². The molecule has 4 N–H and O–H groups in total. The number of hydrogen-bond acceptors (Lipinski definition) is 4. The van der Waals surface area contributed by atoms with E-state index in [9.17, 15) is 8.42 Å². The number of nitrogens with two attached hydrogens (primary N) is 1. The lowest BCUT2D eigenvalue weighted by Gasteiger charge is -2.13. The second-order valence-electron chi connectivity index (χ2n) is 5.93. The molecule has 0 aromatic heterocycles. The van der Waals surface area contributed by atoms with Gasteiger partial charge in [-0.1, -0.05) is 30.3 Å². The van der Waals surface area contributed by atoms with Crippen molar-refractivity contribution in [2.45, 2.75) is 17.7 Å². The number of primary sulfonamides is 1. The molecule has 0 saturated carbocycles. The SMILES string of the molecule is CN=C(NCCc1ccc(S(N)(=O)=O)cc1)NCCc1ccccc1OC. The maximum atomic E-state index is 11.3. The van der Waals surface area contributed by atoms with E-state index in [1.807, 2.05) is 24.3 Å². The summed E-state index contributed by atoms with van der Waals surface area (Å²) in [5.41, 5.74) is 2.15. The molecule has 2 aromatic rings. The lowest BCUT2D eigenvalue weighted by Crippen LogP contribution is -2.39. The number of sulfonamides is 1. The Morgan fingerprint density at radius 1 is 1.04 bits per heavy atom. The predicted octanol–water partition coefficient (Wildman–Crippen LogP) is 1.29. The van der Waals surface area contributed by atoms with Crippen molar-refractivity contribution in [3.63, 3.8) is 0 Å². The number of aliphatic imine (C=N–C) groups is 1. The molecule has 0 unspecified atom stereocenters. The Morgan fingerprint density at radius 2 is 1.67 bits per heavy atom. The van der Waals surface area contributed by atoms with Crippen molar-refractivity contribution < 1.29 is 13.2 Å². The minimum Gasteiger partial charge on any atom is -0.496 e. The van der Waals surface area contributed by atoms with Crippen LogP contribution in [0.1, 0.15) is 11.1 Å². The molecule has 0 saturated heterocycles. The molecule has 0 aliphatic carbocycles. The number of hydrogen-bond donors (Lipinski definition) is 3. The minimum atomic E-state index is -3.65. The second-order valence-corrected chi connectivity index (χ2v) is 7.49. The molecule has 0 aliphatic heterocycles. The Kier molecular flexibility index (Phi) is 7.63. The lowest BCUT2D eigenvalue weighted by atomic mass is 10.1. The van der Waals surface area contributed by atoms with Crippen molar-refractivity contribution in [2.24, 2.45) is 10.1 Å². The first-order chi connectivity index (χ1) is 12.9. The third kappa shape index (κ3) is 6.58. The van der Waals surface area contributed by atoms with E-state index in [-0.39, 0.29) is 4.90 Å². The summed E-state index contributed by atoms with van der Waals surface area (Å²) < 4.78 is 27.9. The first-order valence-electron chi connectivity index (χ1n) is 8.62. The van der Waals surface area contributed by atoms with E-state index < -0.39 is 10.0 Å². The molecule has 8 heteroatoms. The Morgan fingerprint density at radius 3 is 2.26 bits per heavy atom. The van der Waals surface area contributed by atoms with Crippen LogP contribution in [0.15, 0.2) is 58.4 Å². The van der Waals surface area contributed by atoms with Crippen LogP contribution in [0.4, 0.5) is 0 Å². The molecule has 0 spiro atoms. The molecule has 0 amide bonds. The monoisotopic (exact) mass is 390 g/mol. The zero-order chi connectivity index (χ0) is 19.7. The van der Waals surface area contributed by atoms with E-state index in [1.54, 1.807) is 26.3 Å². The maximum Gasteiger partial charge on any atom is 0.238 e. The first kappa shape index (κ1) is 20.7. The molecule has 0 heterocycles. The highest BCUT2D eigenvalue weighted by atomic mass is 32.2. The van der Waals surface area contributed by atoms with Crippen molar-refractivity contribution >= 4 is 16.0 Å². The number of methoxy groups -OCH3 is 1. The number of benzene rings is 2. The third-order valence-electron chi connectivity index (χ3n) is 4.06. The Labute approximate surface area is 160 Å². The van der Waals surface area contributed by atoms with Gasteiger partial charge in [0.15, 0.2) is 5.96 Å². The van der Waals surface area contributed by atoms with E-state index in [0.717, 1.165) is 36.3 Å². The number of rotatable bonds is 8. The molecule has 0 fully saturated rings. The van der Waals surface area contributed by atoms with Crippen LogP contribution in [0.2, 0.25) is 0 Å². The van der Waals surface area contributed by atoms with Crippen molar-refractivity contribution in [3.8, 4) is 5.75 Å². The normalized spacial score (nSPS) is 11.9. The largest absolute Gasteiger partial charge is 0.496 e. The van der Waals surface area contributed by atoms with Crippen LogP contribution >= 0.6 is 0 Å². The number of ether oxygens (including phenoxy) is 1. The molecule has 0 bridgehead atoms. The van der Waals surface area contributed by atoms with Crippen LogP contribution in [0.3, 0.4) is 0 Å². The standard InChI is InChI=1S/C19H26N4O3S/c1-21-19(23-14-12-16-5-3-4-6-18(16)26-2)22-13-11-15-7-9-17(10-8-15)27(20,24)25/h3-10H,11-14H2,1-2H3,(H2,20,24,25)(H2,21,22,23). The van der Waals surface area contributed by atoms with E-state index in [2.05, 4.69) is 15.6 Å². The second kappa shape index (κ2) is 9.94. The molecule has 2 rings (SSSR count). The quantitative estimate of drug-likeness (QED) is 0.465. The Bertz CT molecular complexity index is 865. The average molecular weight is 391 g/mol. The van der Waals surface area contributed by atoms with Gasteiger partial charge in [-0.2, -0.15) is 0 Å². The fourth-order valence-electron chi connectivity index (χ4n) is 2.62. The Balaban J connectivity index is 1.77. The summed E-state index contributed by atoms with van der Waals surface area (Å²) in [6.45, 7) is 1.39. The zero-order valence-corrected chi connectivity index (χ0v) is 16.4. The highest BCUT2D eigenvalue weighted by Gasteiger charge is 2.07. The van der Waals surface area contributed by atoms with Crippen LogP contribution in [-0.2, 0) is 22.9 Å². The van der Waals surface area contributed by atoms with Crippen molar-refractivity contribution in [2.75, 3.05) is 27.2 Å². The van der Waals surface area contributed by atoms with Gasteiger partial charge in [0.25, 0.3) is 0 Å². The van der Waals surface area contributed by atoms with E-state index in [0.29, 0.717) is 12.5 Å². The van der Waals surface area contributed by atoms with Gasteiger partial charge in [-0.25, -0.2) is 13.6 Å². The molecule has 0 atom stereocenters. The van der Waals surface area contributed by atoms with Gasteiger partial charge in [0.2, 0.25) is 10.0 Å². The van der Waals surface area contributed by atoms with Crippen molar-refractivity contribution in [1.29, 1.82) is 0 Å². The summed E-state index contributed by atoms with van der Waals surface area (Å²) in [4.78, 5) is 4.33. The topological polar surface area (TPSA) is 106 Å². The average Bonchev–Trinajstić information content (AvgIpc) is 2.66. The summed E-state index contributed by atoms with van der Waals surface area (Å²) in [6, 6.07) is 14.5. The lowest BCUT2D eigenvalue weighted by molar-refractivity contribution is 0.409. The summed E-state index contributed by atoms with van der Waals surface area (Å²) >= 11 is 0. The van der Waals surface area contributed by atoms with Gasteiger partial charge in [0.05, 0.1) is 12.0 Å². The van der Waals surface area contributed by atoms with Crippen LogP contribution in [-0.4, -0.2) is 41.6 Å². The Hall–Kier alpha value is -2.58. The zero-order valence-electron chi connectivity index (χ0n) is 15.6. The van der Waals surface area contributed by atoms with Gasteiger partial charge in [0.1, 0.15) is 5.75 Å². The van der Waals surface area contributed by atoms with Gasteiger partial charge in [-0.3, -0.25) is 4.99 Å². The molecule has 0 aliphatic rings. The van der Waals surface area contributed by atoms with E-state index >= 15 is 0 Å². The first-order valence-corrected chi connectivity index (χ1v) is 10.2. The van der Waals surface area contributed by atoms with Crippen LogP contribution in [0.5, 0.6) is 5.75 Å². The third-order valence-corrected chi connectivity index (χ3v) is 4.99. The minimum absolute atomic E-state index is 0.119. The fourth-order valence-corrected chi connectivity index (χ4v) is 3.13. The fraction of sp³-hybridized carbons (Fsp3) is 0.316. The number of para-hydroxylation sites is 1. The van der Waals surface area contributed by atoms with Gasteiger partial charge in [-0.05, 0) is 42.2 Å². The van der Waals surface area contributed by atoms with Crippen LogP contribution in [0.25, 0.3) is 0 Å². The van der Waals surface area contributed by atoms with E-state index in [1.165, 1.54) is 12.1 Å². The number of guanidine groups is 1. The number of nitrogens with one attached hydrogen (secondary N) is 2. The summed E-state index contributed by atoms with van der Waals surface area (Å²) in [5, 5.41) is 11.6. The number of nitrogens with zero attached hydrogens (tertiary/aromatic N) is 1. The van der Waals surface area contributed by atoms with E-state index in [4.69, 9.17) is 9.88 Å². The molecule has 7 nitrogen and oxygen atoms in total. The smallest absolute Gasteiger partial charge is 0.238 e. The molecule has 2 aromatic carbocycles. The molecule has 27 heavy (non-hydrogen) atoms. The highest BCUT2D eigenvalue weighted by molar-refractivity contribution is 7.89. The van der Waals surface area contributed by atoms with Crippen molar-refractivity contribution in [1.82, 2.24) is 10.6 Å². The van der Waals surface area contributed by atoms with Crippen molar-refractivity contribution in [3.05, 3.63) is 59.7 Å². The highest BCUT2D eigenvalue weighted by Crippen LogP contribution is 2.17. The predicted molar refractivity (Wildman–Crippen MR) is 108 cm³/mol. The summed E-state index contributed by atoms with van der Waals surface area (Å²) in [5.74, 6) is 1.59. The molecular weight excluding hydrogens is 364 g/mol. The van der Waals surface area contributed by atoms with Crippen LogP contribution in [0, 0.1) is 0 Å². The molecule has 0 radical (unpaired) electrons. The summed E-state index contributed by atoms with van der Waals surface area (Å²) in [6.07, 6.45) is 1.55. The van der Waals surface area contributed by atoms with Gasteiger partial charge >= 0.3 is 0 Å². The molecular formula is C19H26N4O3S. The summed E-state index contributed by atoms with van der Waals surface area (Å²) in [7, 11) is -0.259. The van der Waals surface area contributed by atoms with Crippen LogP contribution < -0.4 is 20.5 Å². The van der Waals surface area contributed by atoms with Gasteiger partial charge < -0.3 is 15.4 Å². The maximum absolute atomic E-state index is 11.3.